The average molecular weight is 425 g/mol. The Kier molecular flexibility index (Phi) is 6.29. The van der Waals surface area contributed by atoms with Gasteiger partial charge in [0.25, 0.3) is 17.0 Å². The Hall–Kier alpha value is -3.42. The summed E-state index contributed by atoms with van der Waals surface area (Å²) < 4.78 is 3.80. The molecule has 0 saturated carbocycles. The fraction of sp³-hybridized carbons (Fsp3) is 0.391. The van der Waals surface area contributed by atoms with Crippen LogP contribution in [-0.2, 0) is 20.1 Å². The maximum atomic E-state index is 13.3. The first-order chi connectivity index (χ1) is 14.7. The number of nitrogens with one attached hydrogen (secondary N) is 1. The molecule has 1 amide bonds. The zero-order valence-electron chi connectivity index (χ0n) is 18.6. The van der Waals surface area contributed by atoms with E-state index in [0.717, 1.165) is 15.7 Å². The monoisotopic (exact) mass is 424 g/mol. The second kappa shape index (κ2) is 8.75. The van der Waals surface area contributed by atoms with Crippen LogP contribution in [0.4, 0.5) is 5.69 Å². The van der Waals surface area contributed by atoms with Gasteiger partial charge in [-0.05, 0) is 38.3 Å². The highest BCUT2D eigenvalue weighted by molar-refractivity contribution is 6.12. The van der Waals surface area contributed by atoms with Crippen molar-refractivity contribution in [2.24, 2.45) is 7.05 Å². The fourth-order valence-electron chi connectivity index (χ4n) is 3.87. The summed E-state index contributed by atoms with van der Waals surface area (Å²) in [6.07, 6.45) is 1.22. The van der Waals surface area contributed by atoms with Crippen LogP contribution in [0.5, 0.6) is 0 Å². The summed E-state index contributed by atoms with van der Waals surface area (Å²) in [7, 11) is 1.52. The summed E-state index contributed by atoms with van der Waals surface area (Å²) in [6.45, 7) is 8.15. The van der Waals surface area contributed by atoms with Crippen LogP contribution in [0, 0.1) is 13.8 Å². The molecule has 0 aliphatic carbocycles. The molecule has 8 heteroatoms. The second-order valence-corrected chi connectivity index (χ2v) is 7.82. The molecule has 8 nitrogen and oxygen atoms in total. The van der Waals surface area contributed by atoms with Crippen molar-refractivity contribution < 1.29 is 4.79 Å². The minimum absolute atomic E-state index is 0.0298. The number of rotatable bonds is 6. The molecule has 0 fully saturated rings. The Labute approximate surface area is 179 Å². The molecule has 0 spiro atoms. The zero-order valence-corrected chi connectivity index (χ0v) is 18.6. The van der Waals surface area contributed by atoms with E-state index in [2.05, 4.69) is 5.32 Å². The number of nitrogens with zero attached hydrogens (tertiary/aromatic N) is 3. The third-order valence-corrected chi connectivity index (χ3v) is 5.35. The number of hydrogen-bond donors (Lipinski definition) is 1. The van der Waals surface area contributed by atoms with Crippen LogP contribution in [0.25, 0.3) is 11.0 Å². The molecule has 0 saturated heterocycles. The van der Waals surface area contributed by atoms with Crippen molar-refractivity contribution in [1.29, 1.82) is 0 Å². The quantitative estimate of drug-likeness (QED) is 0.658. The third kappa shape index (κ3) is 3.97. The normalized spacial score (nSPS) is 11.1. The predicted octanol–water partition coefficient (Wildman–Crippen LogP) is 2.55. The molecule has 0 radical (unpaired) electrons. The Morgan fingerprint density at radius 1 is 0.968 bits per heavy atom. The van der Waals surface area contributed by atoms with E-state index >= 15 is 0 Å². The van der Waals surface area contributed by atoms with Gasteiger partial charge in [0, 0.05) is 31.9 Å². The molecule has 0 unspecified atom stereocenters. The van der Waals surface area contributed by atoms with Crippen molar-refractivity contribution in [3.63, 3.8) is 0 Å². The average Bonchev–Trinajstić information content (AvgIpc) is 2.72. The van der Waals surface area contributed by atoms with E-state index < -0.39 is 22.7 Å². The molecule has 3 aromatic rings. The molecule has 1 N–H and O–H groups in total. The number of fused-ring (bicyclic) bond motifs is 1. The fourth-order valence-corrected chi connectivity index (χ4v) is 3.87. The number of aryl methyl sites for hydroxylation is 4. The highest BCUT2D eigenvalue weighted by atomic mass is 16.2. The van der Waals surface area contributed by atoms with Crippen LogP contribution in [0.2, 0.25) is 0 Å². The van der Waals surface area contributed by atoms with Gasteiger partial charge in [-0.2, -0.15) is 0 Å². The van der Waals surface area contributed by atoms with Gasteiger partial charge in [0.05, 0.1) is 10.9 Å². The van der Waals surface area contributed by atoms with Gasteiger partial charge in [-0.25, -0.2) is 4.79 Å². The molecule has 2 heterocycles. The summed E-state index contributed by atoms with van der Waals surface area (Å²) in [5.41, 5.74) is 1.17. The second-order valence-electron chi connectivity index (χ2n) is 7.82. The SMILES string of the molecule is CCCn1c(=O)c2c(C(=O)Nc3ccc(C)cc3C)cc(=O)n(CCC)c2n(C)c1=O. The Morgan fingerprint density at radius 3 is 2.23 bits per heavy atom. The van der Waals surface area contributed by atoms with E-state index in [1.807, 2.05) is 39.8 Å². The molecule has 0 aliphatic rings. The zero-order chi connectivity index (χ0) is 22.9. The van der Waals surface area contributed by atoms with Gasteiger partial charge in [-0.15, -0.1) is 0 Å². The minimum atomic E-state index is -0.560. The number of benzene rings is 1. The molecule has 164 valence electrons. The van der Waals surface area contributed by atoms with Gasteiger partial charge in [0.1, 0.15) is 5.65 Å². The molecule has 3 rings (SSSR count). The van der Waals surface area contributed by atoms with Crippen LogP contribution >= 0.6 is 0 Å². The number of carbonyl (C=O) groups excluding carboxylic acids is 1. The van der Waals surface area contributed by atoms with Crippen LogP contribution in [0.1, 0.15) is 48.2 Å². The van der Waals surface area contributed by atoms with Crippen molar-refractivity contribution in [3.05, 3.63) is 72.1 Å². The Morgan fingerprint density at radius 2 is 1.61 bits per heavy atom. The smallest absolute Gasteiger partial charge is 0.322 e. The van der Waals surface area contributed by atoms with Crippen molar-refractivity contribution in [1.82, 2.24) is 13.7 Å². The summed E-state index contributed by atoms with van der Waals surface area (Å²) in [6, 6.07) is 6.79. The van der Waals surface area contributed by atoms with Crippen molar-refractivity contribution in [2.75, 3.05) is 5.32 Å². The predicted molar refractivity (Wildman–Crippen MR) is 122 cm³/mol. The first-order valence-electron chi connectivity index (χ1n) is 10.5. The van der Waals surface area contributed by atoms with E-state index in [0.29, 0.717) is 25.1 Å². The van der Waals surface area contributed by atoms with E-state index in [-0.39, 0.29) is 23.1 Å². The number of amides is 1. The van der Waals surface area contributed by atoms with Crippen molar-refractivity contribution in [3.8, 4) is 0 Å². The van der Waals surface area contributed by atoms with Gasteiger partial charge < -0.3 is 5.32 Å². The number of anilines is 1. The van der Waals surface area contributed by atoms with Crippen LogP contribution in [0.3, 0.4) is 0 Å². The largest absolute Gasteiger partial charge is 0.332 e. The summed E-state index contributed by atoms with van der Waals surface area (Å²) in [4.78, 5) is 52.2. The highest BCUT2D eigenvalue weighted by Gasteiger charge is 2.22. The standard InChI is InChI=1S/C23H28N4O4/c1-6-10-26-18(28)13-16(20(29)24-17-9-8-14(3)12-15(17)4)19-21(26)25(5)23(31)27(11-7-2)22(19)30/h8-9,12-13H,6-7,10-11H2,1-5H3,(H,24,29). The number of aromatic nitrogens is 3. The Balaban J connectivity index is 2.34. The van der Waals surface area contributed by atoms with Gasteiger partial charge in [0.15, 0.2) is 0 Å². The van der Waals surface area contributed by atoms with Crippen LogP contribution in [-0.4, -0.2) is 19.6 Å². The lowest BCUT2D eigenvalue weighted by atomic mass is 10.1. The number of pyridine rings is 1. The third-order valence-electron chi connectivity index (χ3n) is 5.35. The molecule has 2 aromatic heterocycles. The number of hydrogen-bond acceptors (Lipinski definition) is 4. The maximum Gasteiger partial charge on any atom is 0.332 e. The summed E-state index contributed by atoms with van der Waals surface area (Å²) in [5.74, 6) is -0.559. The molecule has 31 heavy (non-hydrogen) atoms. The first kappa shape index (κ1) is 22.3. The minimum Gasteiger partial charge on any atom is -0.322 e. The highest BCUT2D eigenvalue weighted by Crippen LogP contribution is 2.19. The van der Waals surface area contributed by atoms with Gasteiger partial charge in [-0.1, -0.05) is 31.5 Å². The number of carbonyl (C=O) groups is 1. The van der Waals surface area contributed by atoms with E-state index in [4.69, 9.17) is 0 Å². The van der Waals surface area contributed by atoms with Gasteiger partial charge >= 0.3 is 5.69 Å². The van der Waals surface area contributed by atoms with Gasteiger partial charge in [0.2, 0.25) is 0 Å². The molecule has 0 bridgehead atoms. The summed E-state index contributed by atoms with van der Waals surface area (Å²) >= 11 is 0. The van der Waals surface area contributed by atoms with Crippen molar-refractivity contribution >= 4 is 22.6 Å². The van der Waals surface area contributed by atoms with E-state index in [1.165, 1.54) is 22.2 Å². The van der Waals surface area contributed by atoms with Crippen LogP contribution < -0.4 is 22.1 Å². The molecule has 0 atom stereocenters. The lowest BCUT2D eigenvalue weighted by Crippen LogP contribution is -2.42. The van der Waals surface area contributed by atoms with Crippen LogP contribution in [0.15, 0.2) is 38.6 Å². The summed E-state index contributed by atoms with van der Waals surface area (Å²) in [5, 5.41) is 2.89. The molecule has 1 aromatic carbocycles. The lowest BCUT2D eigenvalue weighted by molar-refractivity contribution is 0.102. The first-order valence-corrected chi connectivity index (χ1v) is 10.5. The maximum absolute atomic E-state index is 13.3. The van der Waals surface area contributed by atoms with Crippen molar-refractivity contribution in [2.45, 2.75) is 53.6 Å². The van der Waals surface area contributed by atoms with E-state index in [9.17, 15) is 19.2 Å². The molecule has 0 aliphatic heterocycles. The molecular weight excluding hydrogens is 396 g/mol. The topological polar surface area (TPSA) is 95.1 Å². The Bertz CT molecular complexity index is 1340. The van der Waals surface area contributed by atoms with Gasteiger partial charge in [-0.3, -0.25) is 28.1 Å². The lowest BCUT2D eigenvalue weighted by Gasteiger charge is -2.17. The molecular formula is C23H28N4O4. The van der Waals surface area contributed by atoms with E-state index in [1.54, 1.807) is 6.07 Å².